The summed E-state index contributed by atoms with van der Waals surface area (Å²) in [6, 6.07) is 12.3. The first-order chi connectivity index (χ1) is 12.1. The van der Waals surface area contributed by atoms with Crippen LogP contribution in [0.15, 0.2) is 52.4 Å². The number of aliphatic imine (C=N–C) groups is 1. The van der Waals surface area contributed by atoms with Gasteiger partial charge in [0.1, 0.15) is 0 Å². The van der Waals surface area contributed by atoms with E-state index in [9.17, 15) is 13.2 Å². The maximum absolute atomic E-state index is 12.5. The second kappa shape index (κ2) is 9.01. The minimum absolute atomic E-state index is 0. The van der Waals surface area contributed by atoms with Crippen LogP contribution in [0.5, 0.6) is 0 Å². The van der Waals surface area contributed by atoms with Gasteiger partial charge < -0.3 is 11.5 Å². The lowest BCUT2D eigenvalue weighted by molar-refractivity contribution is 0.100. The largest absolute Gasteiger partial charge is 0.370 e. The Labute approximate surface area is 166 Å². The summed E-state index contributed by atoms with van der Waals surface area (Å²) in [7, 11) is -3.58. The van der Waals surface area contributed by atoms with E-state index in [0.29, 0.717) is 11.1 Å². The Morgan fingerprint density at radius 3 is 2.22 bits per heavy atom. The van der Waals surface area contributed by atoms with Crippen LogP contribution in [-0.4, -0.2) is 26.5 Å². The highest BCUT2D eigenvalue weighted by atomic mass is 35.5. The molecule has 1 amide bonds. The SMILES string of the molecule is CCC(C)c1cc(-c2ccccc2)c(S(C)(=O)=O)cc1C(=O)N=C(N)N.Cl. The number of nitrogens with two attached hydrogens (primary N) is 2. The Morgan fingerprint density at radius 1 is 1.15 bits per heavy atom. The third-order valence-electron chi connectivity index (χ3n) is 4.24. The third-order valence-corrected chi connectivity index (χ3v) is 5.38. The molecule has 1 unspecified atom stereocenters. The molecule has 2 aromatic carbocycles. The number of carbonyl (C=O) groups is 1. The van der Waals surface area contributed by atoms with Crippen LogP contribution in [0.25, 0.3) is 11.1 Å². The number of rotatable bonds is 5. The zero-order chi connectivity index (χ0) is 19.5. The van der Waals surface area contributed by atoms with Gasteiger partial charge in [-0.25, -0.2) is 8.42 Å². The second-order valence-corrected chi connectivity index (χ2v) is 8.21. The first kappa shape index (κ1) is 22.7. The predicted octanol–water partition coefficient (Wildman–Crippen LogP) is 3.11. The fraction of sp³-hybridized carbons (Fsp3) is 0.263. The van der Waals surface area contributed by atoms with Crippen molar-refractivity contribution in [1.82, 2.24) is 0 Å². The van der Waals surface area contributed by atoms with Crippen molar-refractivity contribution in [3.05, 3.63) is 53.6 Å². The van der Waals surface area contributed by atoms with Crippen LogP contribution in [0.1, 0.15) is 42.1 Å². The molecule has 0 saturated heterocycles. The van der Waals surface area contributed by atoms with Gasteiger partial charge >= 0.3 is 0 Å². The number of carbonyl (C=O) groups excluding carboxylic acids is 1. The number of hydrogen-bond donors (Lipinski definition) is 2. The Morgan fingerprint density at radius 2 is 1.74 bits per heavy atom. The number of sulfone groups is 1. The van der Waals surface area contributed by atoms with Crippen molar-refractivity contribution < 1.29 is 13.2 Å². The molecule has 0 heterocycles. The molecule has 2 aromatic rings. The normalized spacial score (nSPS) is 12.0. The quantitative estimate of drug-likeness (QED) is 0.581. The van der Waals surface area contributed by atoms with Gasteiger partial charge in [-0.1, -0.05) is 44.2 Å². The van der Waals surface area contributed by atoms with Crippen molar-refractivity contribution in [2.45, 2.75) is 31.1 Å². The second-order valence-electron chi connectivity index (χ2n) is 6.22. The van der Waals surface area contributed by atoms with Crippen LogP contribution < -0.4 is 11.5 Å². The molecule has 0 bridgehead atoms. The Kier molecular flexibility index (Phi) is 7.56. The number of amides is 1. The third kappa shape index (κ3) is 5.30. The van der Waals surface area contributed by atoms with Crippen molar-refractivity contribution >= 4 is 34.1 Å². The minimum atomic E-state index is -3.58. The van der Waals surface area contributed by atoms with E-state index in [1.54, 1.807) is 6.07 Å². The molecule has 27 heavy (non-hydrogen) atoms. The van der Waals surface area contributed by atoms with Crippen LogP contribution >= 0.6 is 12.4 Å². The molecule has 0 spiro atoms. The molecular weight excluding hydrogens is 386 g/mol. The summed E-state index contributed by atoms with van der Waals surface area (Å²) in [5, 5.41) is 0. The van der Waals surface area contributed by atoms with E-state index in [2.05, 4.69) is 4.99 Å². The van der Waals surface area contributed by atoms with Gasteiger partial charge in [-0.15, -0.1) is 12.4 Å². The van der Waals surface area contributed by atoms with E-state index >= 15 is 0 Å². The molecule has 0 fully saturated rings. The zero-order valence-electron chi connectivity index (χ0n) is 15.5. The van der Waals surface area contributed by atoms with Gasteiger partial charge in [0.15, 0.2) is 15.8 Å². The van der Waals surface area contributed by atoms with Crippen molar-refractivity contribution in [3.8, 4) is 11.1 Å². The number of guanidine groups is 1. The zero-order valence-corrected chi connectivity index (χ0v) is 17.1. The average Bonchev–Trinajstić information content (AvgIpc) is 2.59. The lowest BCUT2D eigenvalue weighted by Crippen LogP contribution is -2.24. The van der Waals surface area contributed by atoms with Gasteiger partial charge in [0.05, 0.1) is 4.90 Å². The Bertz CT molecular complexity index is 954. The Hall–Kier alpha value is -2.38. The molecule has 6 nitrogen and oxygen atoms in total. The summed E-state index contributed by atoms with van der Waals surface area (Å²) in [4.78, 5) is 16.1. The summed E-state index contributed by atoms with van der Waals surface area (Å²) in [6.45, 7) is 3.96. The lowest BCUT2D eigenvalue weighted by Gasteiger charge is -2.18. The first-order valence-corrected chi connectivity index (χ1v) is 10.1. The van der Waals surface area contributed by atoms with Crippen LogP contribution in [0, 0.1) is 0 Å². The summed E-state index contributed by atoms with van der Waals surface area (Å²) < 4.78 is 24.8. The highest BCUT2D eigenvalue weighted by molar-refractivity contribution is 7.90. The van der Waals surface area contributed by atoms with E-state index in [1.165, 1.54) is 6.07 Å². The summed E-state index contributed by atoms with van der Waals surface area (Å²) in [5.41, 5.74) is 12.9. The van der Waals surface area contributed by atoms with Gasteiger partial charge in [0, 0.05) is 17.4 Å². The molecule has 4 N–H and O–H groups in total. The number of halogens is 1. The van der Waals surface area contributed by atoms with Gasteiger partial charge in [0.25, 0.3) is 5.91 Å². The molecule has 146 valence electrons. The average molecular weight is 410 g/mol. The van der Waals surface area contributed by atoms with E-state index in [-0.39, 0.29) is 34.7 Å². The molecule has 0 aliphatic carbocycles. The smallest absolute Gasteiger partial charge is 0.280 e. The molecule has 0 aliphatic rings. The van der Waals surface area contributed by atoms with Gasteiger partial charge in [-0.2, -0.15) is 4.99 Å². The van der Waals surface area contributed by atoms with E-state index in [4.69, 9.17) is 11.5 Å². The fourth-order valence-electron chi connectivity index (χ4n) is 2.74. The topological polar surface area (TPSA) is 116 Å². The van der Waals surface area contributed by atoms with Crippen molar-refractivity contribution in [2.24, 2.45) is 16.5 Å². The van der Waals surface area contributed by atoms with E-state index in [1.807, 2.05) is 44.2 Å². The number of benzene rings is 2. The highest BCUT2D eigenvalue weighted by Gasteiger charge is 2.23. The maximum atomic E-state index is 12.5. The number of nitrogens with zero attached hydrogens (tertiary/aromatic N) is 1. The lowest BCUT2D eigenvalue weighted by atomic mass is 9.90. The first-order valence-electron chi connectivity index (χ1n) is 8.22. The van der Waals surface area contributed by atoms with Crippen LogP contribution in [0.3, 0.4) is 0 Å². The number of hydrogen-bond acceptors (Lipinski definition) is 3. The van der Waals surface area contributed by atoms with Crippen molar-refractivity contribution in [2.75, 3.05) is 6.26 Å². The monoisotopic (exact) mass is 409 g/mol. The van der Waals surface area contributed by atoms with E-state index < -0.39 is 15.7 Å². The van der Waals surface area contributed by atoms with E-state index in [0.717, 1.165) is 18.2 Å². The molecular formula is C19H24ClN3O3S. The molecule has 0 aliphatic heterocycles. The van der Waals surface area contributed by atoms with Crippen LogP contribution in [0.2, 0.25) is 0 Å². The fourth-order valence-corrected chi connectivity index (χ4v) is 3.65. The van der Waals surface area contributed by atoms with Crippen molar-refractivity contribution in [1.29, 1.82) is 0 Å². The maximum Gasteiger partial charge on any atom is 0.280 e. The molecule has 0 radical (unpaired) electrons. The van der Waals surface area contributed by atoms with Crippen LogP contribution in [-0.2, 0) is 9.84 Å². The predicted molar refractivity (Wildman–Crippen MR) is 111 cm³/mol. The van der Waals surface area contributed by atoms with Gasteiger partial charge in [-0.3, -0.25) is 4.79 Å². The molecule has 8 heteroatoms. The Balaban J connectivity index is 0.00000364. The van der Waals surface area contributed by atoms with Crippen molar-refractivity contribution in [3.63, 3.8) is 0 Å². The van der Waals surface area contributed by atoms with Gasteiger partial charge in [0.2, 0.25) is 0 Å². The van der Waals surface area contributed by atoms with Crippen LogP contribution in [0.4, 0.5) is 0 Å². The molecule has 1 atom stereocenters. The molecule has 2 rings (SSSR count). The highest BCUT2D eigenvalue weighted by Crippen LogP contribution is 2.34. The molecule has 0 saturated carbocycles. The standard InChI is InChI=1S/C19H23N3O3S.ClH/c1-4-12(2)14-10-15(13-8-6-5-7-9-13)17(26(3,24)25)11-16(14)18(23)22-19(20)21;/h5-12H,4H2,1-3H3,(H4,20,21,22,23);1H. The summed E-state index contributed by atoms with van der Waals surface area (Å²) in [5.74, 6) is -0.984. The molecule has 0 aromatic heterocycles. The van der Waals surface area contributed by atoms with Gasteiger partial charge in [-0.05, 0) is 35.6 Å². The minimum Gasteiger partial charge on any atom is -0.370 e. The summed E-state index contributed by atoms with van der Waals surface area (Å²) in [6.07, 6.45) is 1.89. The summed E-state index contributed by atoms with van der Waals surface area (Å²) >= 11 is 0.